The number of aromatic nitrogens is 2. The minimum Gasteiger partial charge on any atom is -0.398 e. The Morgan fingerprint density at radius 3 is 2.88 bits per heavy atom. The molecule has 1 aromatic heterocycles. The molecule has 0 aliphatic heterocycles. The Morgan fingerprint density at radius 1 is 1.38 bits per heavy atom. The fourth-order valence-electron chi connectivity index (χ4n) is 1.34. The van der Waals surface area contributed by atoms with Gasteiger partial charge in [0.15, 0.2) is 0 Å². The molecule has 3 N–H and O–H groups in total. The number of nitrogens with one attached hydrogen (secondary N) is 1. The van der Waals surface area contributed by atoms with Crippen LogP contribution in [0, 0.1) is 0 Å². The molecule has 0 saturated carbocycles. The van der Waals surface area contributed by atoms with Gasteiger partial charge in [0.2, 0.25) is 5.13 Å². The topological polar surface area (TPSA) is 63.8 Å². The van der Waals surface area contributed by atoms with Crippen molar-refractivity contribution >= 4 is 22.4 Å². The molecule has 5 heteroatoms. The molecular formula is C11H14N4S. The summed E-state index contributed by atoms with van der Waals surface area (Å²) in [4.78, 5) is 4.33. The van der Waals surface area contributed by atoms with Gasteiger partial charge in [0.05, 0.1) is 0 Å². The Balaban J connectivity index is 1.99. The molecule has 0 unspecified atom stereocenters. The van der Waals surface area contributed by atoms with Crippen molar-refractivity contribution in [3.05, 3.63) is 35.7 Å². The molecule has 0 fully saturated rings. The lowest BCUT2D eigenvalue weighted by atomic mass is 10.2. The molecule has 0 aliphatic rings. The highest BCUT2D eigenvalue weighted by atomic mass is 32.1. The van der Waals surface area contributed by atoms with Gasteiger partial charge in [-0.3, -0.25) is 0 Å². The largest absolute Gasteiger partial charge is 0.398 e. The summed E-state index contributed by atoms with van der Waals surface area (Å²) in [5.74, 6) is 0.883. The summed E-state index contributed by atoms with van der Waals surface area (Å²) in [6.07, 6.45) is 0.867. The fraction of sp³-hybridized carbons (Fsp3) is 0.273. The van der Waals surface area contributed by atoms with Crippen molar-refractivity contribution in [2.45, 2.75) is 19.9 Å². The maximum Gasteiger partial charge on any atom is 0.202 e. The summed E-state index contributed by atoms with van der Waals surface area (Å²) >= 11 is 1.39. The maximum atomic E-state index is 5.84. The molecule has 1 aromatic carbocycles. The number of anilines is 2. The molecule has 0 amide bonds. The van der Waals surface area contributed by atoms with Crippen LogP contribution in [0.3, 0.4) is 0 Å². The number of hydrogen-bond donors (Lipinski definition) is 2. The van der Waals surface area contributed by atoms with Crippen LogP contribution in [0.5, 0.6) is 0 Å². The van der Waals surface area contributed by atoms with E-state index in [9.17, 15) is 0 Å². The average molecular weight is 234 g/mol. The van der Waals surface area contributed by atoms with Gasteiger partial charge in [-0.2, -0.15) is 4.37 Å². The third-order valence-corrected chi connectivity index (χ3v) is 2.98. The van der Waals surface area contributed by atoms with E-state index in [-0.39, 0.29) is 0 Å². The van der Waals surface area contributed by atoms with E-state index < -0.39 is 0 Å². The standard InChI is InChI=1S/C11H14N4S/c1-2-10-14-11(16-15-10)13-7-8-5-3-4-6-9(8)12/h3-6H,2,7,12H2,1H3,(H,13,14,15). The molecule has 0 bridgehead atoms. The molecule has 0 spiro atoms. The van der Waals surface area contributed by atoms with Crippen molar-refractivity contribution in [1.29, 1.82) is 0 Å². The summed E-state index contributed by atoms with van der Waals surface area (Å²) in [6, 6.07) is 7.81. The van der Waals surface area contributed by atoms with E-state index in [4.69, 9.17) is 5.73 Å². The number of nitrogens with zero attached hydrogens (tertiary/aromatic N) is 2. The summed E-state index contributed by atoms with van der Waals surface area (Å²) in [7, 11) is 0. The number of hydrogen-bond acceptors (Lipinski definition) is 5. The van der Waals surface area contributed by atoms with Gasteiger partial charge in [-0.05, 0) is 11.6 Å². The summed E-state index contributed by atoms with van der Waals surface area (Å²) < 4.78 is 4.21. The van der Waals surface area contributed by atoms with Crippen LogP contribution in [0.4, 0.5) is 10.8 Å². The first-order valence-corrected chi connectivity index (χ1v) is 5.96. The van der Waals surface area contributed by atoms with Crippen molar-refractivity contribution < 1.29 is 0 Å². The lowest BCUT2D eigenvalue weighted by Gasteiger charge is -2.05. The van der Waals surface area contributed by atoms with Crippen molar-refractivity contribution in [3.63, 3.8) is 0 Å². The lowest BCUT2D eigenvalue weighted by Crippen LogP contribution is -2.02. The Hall–Kier alpha value is -1.62. The van der Waals surface area contributed by atoms with Crippen molar-refractivity contribution in [3.8, 4) is 0 Å². The maximum absolute atomic E-state index is 5.84. The molecule has 16 heavy (non-hydrogen) atoms. The van der Waals surface area contributed by atoms with Gasteiger partial charge >= 0.3 is 0 Å². The van der Waals surface area contributed by atoms with Gasteiger partial charge < -0.3 is 11.1 Å². The Kier molecular flexibility index (Phi) is 3.36. The predicted molar refractivity (Wildman–Crippen MR) is 67.5 cm³/mol. The van der Waals surface area contributed by atoms with E-state index >= 15 is 0 Å². The quantitative estimate of drug-likeness (QED) is 0.797. The molecule has 1 heterocycles. The number of nitrogens with two attached hydrogens (primary N) is 1. The van der Waals surface area contributed by atoms with Crippen LogP contribution in [0.25, 0.3) is 0 Å². The minimum absolute atomic E-state index is 0.686. The van der Waals surface area contributed by atoms with Crippen molar-refractivity contribution in [2.24, 2.45) is 0 Å². The second kappa shape index (κ2) is 4.94. The zero-order valence-electron chi connectivity index (χ0n) is 9.10. The lowest BCUT2D eigenvalue weighted by molar-refractivity contribution is 0.993. The summed E-state index contributed by atoms with van der Waals surface area (Å²) in [6.45, 7) is 2.73. The SMILES string of the molecule is CCc1nsc(NCc2ccccc2N)n1. The van der Waals surface area contributed by atoms with Crippen LogP contribution >= 0.6 is 11.5 Å². The summed E-state index contributed by atoms with van der Waals surface area (Å²) in [5.41, 5.74) is 7.72. The van der Waals surface area contributed by atoms with Gasteiger partial charge in [-0.1, -0.05) is 25.1 Å². The van der Waals surface area contributed by atoms with Crippen LogP contribution in [0.2, 0.25) is 0 Å². The Labute approximate surface area is 98.7 Å². The molecule has 4 nitrogen and oxygen atoms in total. The Morgan fingerprint density at radius 2 is 2.19 bits per heavy atom. The fourth-order valence-corrected chi connectivity index (χ4v) is 1.98. The molecule has 0 aliphatic carbocycles. The molecule has 2 aromatic rings. The van der Waals surface area contributed by atoms with Crippen LogP contribution in [-0.2, 0) is 13.0 Å². The minimum atomic E-state index is 0.686. The monoisotopic (exact) mass is 234 g/mol. The molecular weight excluding hydrogens is 220 g/mol. The van der Waals surface area contributed by atoms with E-state index in [1.54, 1.807) is 0 Å². The second-order valence-corrected chi connectivity index (χ2v) is 4.17. The van der Waals surface area contributed by atoms with Gasteiger partial charge in [0.1, 0.15) is 5.82 Å². The van der Waals surface area contributed by atoms with Crippen LogP contribution in [0.15, 0.2) is 24.3 Å². The zero-order chi connectivity index (χ0) is 11.4. The highest BCUT2D eigenvalue weighted by Crippen LogP contribution is 2.15. The summed E-state index contributed by atoms with van der Waals surface area (Å²) in [5, 5.41) is 4.07. The van der Waals surface area contributed by atoms with Gasteiger partial charge in [0, 0.05) is 30.2 Å². The third kappa shape index (κ3) is 2.49. The van der Waals surface area contributed by atoms with E-state index in [0.29, 0.717) is 6.54 Å². The van der Waals surface area contributed by atoms with E-state index in [1.165, 1.54) is 11.5 Å². The Bertz CT molecular complexity index is 467. The number of nitrogen functional groups attached to an aromatic ring is 1. The van der Waals surface area contributed by atoms with Gasteiger partial charge in [-0.25, -0.2) is 4.98 Å². The molecule has 0 atom stereocenters. The normalized spacial score (nSPS) is 10.3. The first-order chi connectivity index (χ1) is 7.79. The number of rotatable bonds is 4. The van der Waals surface area contributed by atoms with Crippen LogP contribution < -0.4 is 11.1 Å². The van der Waals surface area contributed by atoms with E-state index in [2.05, 4.69) is 14.7 Å². The molecule has 2 rings (SSSR count). The van der Waals surface area contributed by atoms with E-state index in [1.807, 2.05) is 31.2 Å². The second-order valence-electron chi connectivity index (χ2n) is 3.42. The van der Waals surface area contributed by atoms with Crippen molar-refractivity contribution in [1.82, 2.24) is 9.36 Å². The van der Waals surface area contributed by atoms with E-state index in [0.717, 1.165) is 28.6 Å². The number of benzene rings is 1. The molecule has 0 saturated heterocycles. The first-order valence-electron chi connectivity index (χ1n) is 5.19. The number of para-hydroxylation sites is 1. The van der Waals surface area contributed by atoms with Crippen LogP contribution in [-0.4, -0.2) is 9.36 Å². The highest BCUT2D eigenvalue weighted by molar-refractivity contribution is 7.09. The predicted octanol–water partition coefficient (Wildman–Crippen LogP) is 2.29. The van der Waals surface area contributed by atoms with Gasteiger partial charge in [-0.15, -0.1) is 0 Å². The number of aryl methyl sites for hydroxylation is 1. The average Bonchev–Trinajstić information content (AvgIpc) is 2.76. The van der Waals surface area contributed by atoms with Crippen molar-refractivity contribution in [2.75, 3.05) is 11.1 Å². The van der Waals surface area contributed by atoms with Crippen LogP contribution in [0.1, 0.15) is 18.3 Å². The molecule has 0 radical (unpaired) electrons. The highest BCUT2D eigenvalue weighted by Gasteiger charge is 2.02. The first kappa shape index (κ1) is 10.9. The van der Waals surface area contributed by atoms with Gasteiger partial charge in [0.25, 0.3) is 0 Å². The third-order valence-electron chi connectivity index (χ3n) is 2.27. The zero-order valence-corrected chi connectivity index (χ0v) is 9.92. The molecule has 84 valence electrons. The smallest absolute Gasteiger partial charge is 0.202 e.